The Labute approximate surface area is 259 Å². The average Bonchev–Trinajstić information content (AvgIpc) is 3.45. The highest BCUT2D eigenvalue weighted by Crippen LogP contribution is 2.57. The second-order valence-electron chi connectivity index (χ2n) is 13.0. The Morgan fingerprint density at radius 3 is 2.12 bits per heavy atom. The van der Waals surface area contributed by atoms with Crippen molar-refractivity contribution in [3.63, 3.8) is 0 Å². The van der Waals surface area contributed by atoms with Crippen LogP contribution < -0.4 is 5.32 Å². The van der Waals surface area contributed by atoms with Crippen LogP contribution in [0.15, 0.2) is 0 Å². The Bertz CT molecular complexity index is 870. The summed E-state index contributed by atoms with van der Waals surface area (Å²) in [6.45, 7) is -4.12. The Hall–Kier alpha value is 0.950. The number of hydrogen-bond acceptors (Lipinski definition) is 8. The van der Waals surface area contributed by atoms with Crippen molar-refractivity contribution in [1.82, 2.24) is 5.32 Å². The van der Waals surface area contributed by atoms with E-state index in [0.717, 1.165) is 38.5 Å². The predicted octanol–water partition coefficient (Wildman–Crippen LogP) is 7.94. The Balaban J connectivity index is 1.30. The minimum absolute atomic E-state index is 0.109. The van der Waals surface area contributed by atoms with Crippen molar-refractivity contribution in [2.45, 2.75) is 146 Å². The second kappa shape index (κ2) is 17.0. The molecule has 1 aliphatic heterocycles. The zero-order valence-electron chi connectivity index (χ0n) is 25.2. The minimum atomic E-state index is -3.61. The summed E-state index contributed by atoms with van der Waals surface area (Å²) < 4.78 is 42.6. The van der Waals surface area contributed by atoms with E-state index < -0.39 is 19.6 Å². The topological polar surface area (TPSA) is 95.5 Å². The third-order valence-electron chi connectivity index (χ3n) is 9.83. The van der Waals surface area contributed by atoms with Gasteiger partial charge in [-0.1, -0.05) is 83.4 Å². The van der Waals surface area contributed by atoms with E-state index in [1.807, 2.05) is 0 Å². The largest absolute Gasteiger partial charge is 0.386 e. The molecule has 8 nitrogen and oxygen atoms in total. The van der Waals surface area contributed by atoms with Crippen LogP contribution in [0.1, 0.15) is 116 Å². The van der Waals surface area contributed by atoms with Gasteiger partial charge in [-0.25, -0.2) is 4.57 Å². The number of rotatable bonds is 12. The van der Waals surface area contributed by atoms with Crippen molar-refractivity contribution in [3.05, 3.63) is 0 Å². The first-order valence-electron chi connectivity index (χ1n) is 16.2. The highest BCUT2D eigenvalue weighted by molar-refractivity contribution is 8.44. The lowest BCUT2D eigenvalue weighted by Crippen LogP contribution is -2.37. The number of thiol groups is 1. The van der Waals surface area contributed by atoms with Gasteiger partial charge in [0.05, 0.1) is 31.5 Å². The summed E-state index contributed by atoms with van der Waals surface area (Å²) in [5, 5.41) is 3.95. The van der Waals surface area contributed by atoms with Gasteiger partial charge in [-0.15, -0.1) is 0 Å². The van der Waals surface area contributed by atoms with Crippen LogP contribution in [0, 0.1) is 17.8 Å². The summed E-state index contributed by atoms with van der Waals surface area (Å²) in [7, 11) is 1.34. The fourth-order valence-electron chi connectivity index (χ4n) is 7.48. The van der Waals surface area contributed by atoms with Crippen molar-refractivity contribution in [3.8, 4) is 0 Å². The monoisotopic (exact) mass is 655 g/mol. The van der Waals surface area contributed by atoms with Gasteiger partial charge >= 0.3 is 13.5 Å². The first-order chi connectivity index (χ1) is 19.6. The molecule has 240 valence electrons. The standard InChI is InChI=1S/C29H55NO7P2S2/c1-22-17-26(30-25-15-11-7-4-8-12-16-25)18-24(22)20-34-39(32,41)37-28-19-27(21-35-38(31,40)33-2)36-29(28)23-13-9-5-3-6-10-14-23/h22-30H,3-21H2,1-2H3,(H,31,40)(H,32,41)/t22-,24+,26-,27-,28+,29?,38?,39?/m0/s1. The average molecular weight is 656 g/mol. The van der Waals surface area contributed by atoms with E-state index in [1.165, 1.54) is 71.3 Å². The van der Waals surface area contributed by atoms with Crippen LogP contribution in [0.4, 0.5) is 0 Å². The fraction of sp³-hybridized carbons (Fsp3) is 1.00. The molecule has 0 spiro atoms. The number of ether oxygens (including phenoxy) is 1. The lowest BCUT2D eigenvalue weighted by atomic mass is 9.85. The molecular formula is C29H55NO7P2S2. The zero-order chi connectivity index (χ0) is 29.3. The molecule has 12 heteroatoms. The molecule has 0 radical (unpaired) electrons. The molecule has 1 saturated heterocycles. The molecule has 2 N–H and O–H groups in total. The van der Waals surface area contributed by atoms with E-state index >= 15 is 0 Å². The number of hydrogen-bond donors (Lipinski definition) is 3. The van der Waals surface area contributed by atoms with Gasteiger partial charge in [0, 0.05) is 25.6 Å². The van der Waals surface area contributed by atoms with Gasteiger partial charge in [0.1, 0.15) is 0 Å². The van der Waals surface area contributed by atoms with Crippen molar-refractivity contribution < 1.29 is 32.3 Å². The maximum atomic E-state index is 13.6. The fourth-order valence-corrected chi connectivity index (χ4v) is 9.68. The molecular weight excluding hydrogens is 600 g/mol. The Kier molecular flexibility index (Phi) is 14.5. The summed E-state index contributed by atoms with van der Waals surface area (Å²) in [5.74, 6) is 1.14. The van der Waals surface area contributed by atoms with Crippen LogP contribution in [0.2, 0.25) is 0 Å². The van der Waals surface area contributed by atoms with Gasteiger partial charge in [0.2, 0.25) is 0 Å². The van der Waals surface area contributed by atoms with Gasteiger partial charge in [0.25, 0.3) is 0 Å². The quantitative estimate of drug-likeness (QED) is 0.143. The number of nitrogens with one attached hydrogen (secondary N) is 1. The Morgan fingerprint density at radius 2 is 1.49 bits per heavy atom. The van der Waals surface area contributed by atoms with Crippen LogP contribution in [-0.2, 0) is 39.2 Å². The van der Waals surface area contributed by atoms with E-state index in [9.17, 15) is 9.46 Å². The SMILES string of the molecule is COP(O)(=S)OC[C@@H]1C[C@@H](OP(=O)(S)OC[C@H]2C[C@@H](NC3CCCCCCC3)C[C@@H]2C)C(C2CCCCCCC2)O1. The highest BCUT2D eigenvalue weighted by atomic mass is 32.7. The van der Waals surface area contributed by atoms with Crippen LogP contribution in [0.5, 0.6) is 0 Å². The molecule has 4 aliphatic rings. The third kappa shape index (κ3) is 11.7. The molecule has 3 unspecified atom stereocenters. The Morgan fingerprint density at radius 1 is 0.878 bits per heavy atom. The molecule has 3 saturated carbocycles. The maximum Gasteiger partial charge on any atom is 0.386 e. The minimum Gasteiger partial charge on any atom is -0.369 e. The molecule has 4 rings (SSSR count). The molecule has 8 atom stereocenters. The van der Waals surface area contributed by atoms with E-state index in [4.69, 9.17) is 34.6 Å². The van der Waals surface area contributed by atoms with Crippen molar-refractivity contribution in [2.75, 3.05) is 20.3 Å². The summed E-state index contributed by atoms with van der Waals surface area (Å²) in [5.41, 5.74) is 0. The van der Waals surface area contributed by atoms with Crippen LogP contribution in [0.25, 0.3) is 0 Å². The molecule has 0 amide bonds. The first-order valence-corrected chi connectivity index (χ1v) is 21.5. The van der Waals surface area contributed by atoms with E-state index in [-0.39, 0.29) is 18.8 Å². The molecule has 0 aromatic heterocycles. The van der Waals surface area contributed by atoms with Gasteiger partial charge < -0.3 is 28.5 Å². The summed E-state index contributed by atoms with van der Waals surface area (Å²) in [4.78, 5) is 10.1. The molecule has 0 bridgehead atoms. The molecule has 41 heavy (non-hydrogen) atoms. The first kappa shape index (κ1) is 34.8. The van der Waals surface area contributed by atoms with Crippen molar-refractivity contribution >= 4 is 37.6 Å². The normalized spacial score (nSPS) is 36.1. The molecule has 0 aromatic carbocycles. The predicted molar refractivity (Wildman–Crippen MR) is 171 cm³/mol. The van der Waals surface area contributed by atoms with Crippen molar-refractivity contribution in [2.24, 2.45) is 17.8 Å². The maximum absolute atomic E-state index is 13.6. The highest BCUT2D eigenvalue weighted by Gasteiger charge is 2.44. The van der Waals surface area contributed by atoms with Crippen LogP contribution in [-0.4, -0.2) is 55.6 Å². The summed E-state index contributed by atoms with van der Waals surface area (Å²) in [6, 6.07) is 1.12. The van der Waals surface area contributed by atoms with Gasteiger partial charge in [-0.05, 0) is 68.1 Å². The third-order valence-corrected chi connectivity index (χ3v) is 13.2. The zero-order valence-corrected chi connectivity index (χ0v) is 28.7. The lowest BCUT2D eigenvalue weighted by molar-refractivity contribution is -0.0405. The van der Waals surface area contributed by atoms with Crippen molar-refractivity contribution in [1.29, 1.82) is 0 Å². The van der Waals surface area contributed by atoms with E-state index in [2.05, 4.69) is 24.5 Å². The lowest BCUT2D eigenvalue weighted by Gasteiger charge is -2.30. The van der Waals surface area contributed by atoms with E-state index in [0.29, 0.717) is 42.9 Å². The summed E-state index contributed by atoms with van der Waals surface area (Å²) in [6.07, 6.45) is 19.2. The van der Waals surface area contributed by atoms with Gasteiger partial charge in [-0.2, -0.15) is 0 Å². The van der Waals surface area contributed by atoms with Crippen LogP contribution in [0.3, 0.4) is 0 Å². The molecule has 4 fully saturated rings. The second-order valence-corrected chi connectivity index (χ2v) is 18.9. The molecule has 3 aliphatic carbocycles. The molecule has 1 heterocycles. The van der Waals surface area contributed by atoms with Gasteiger partial charge in [0.15, 0.2) is 0 Å². The summed E-state index contributed by atoms with van der Waals surface area (Å²) >= 11 is 9.44. The smallest absolute Gasteiger partial charge is 0.369 e. The molecule has 0 aromatic rings. The van der Waals surface area contributed by atoms with Gasteiger partial charge in [-0.3, -0.25) is 4.52 Å². The van der Waals surface area contributed by atoms with Crippen LogP contribution >= 0.6 is 25.8 Å². The van der Waals surface area contributed by atoms with E-state index in [1.54, 1.807) is 0 Å².